The van der Waals surface area contributed by atoms with E-state index < -0.39 is 0 Å². The van der Waals surface area contributed by atoms with Crippen molar-refractivity contribution in [3.63, 3.8) is 0 Å². The summed E-state index contributed by atoms with van der Waals surface area (Å²) in [6.45, 7) is 4.37. The van der Waals surface area contributed by atoms with Gasteiger partial charge in [0.15, 0.2) is 6.61 Å². The molecule has 124 valence electrons. The molecule has 2 rings (SSSR count). The van der Waals surface area contributed by atoms with Gasteiger partial charge in [0, 0.05) is 26.6 Å². The first-order valence-corrected chi connectivity index (χ1v) is 7.29. The zero-order valence-electron chi connectivity index (χ0n) is 13.8. The third-order valence-electron chi connectivity index (χ3n) is 3.43. The molecule has 0 N–H and O–H groups in total. The Bertz CT molecular complexity index is 639. The fraction of sp³-hybridized carbons (Fsp3) is 0.438. The van der Waals surface area contributed by atoms with Crippen LogP contribution in [0.25, 0.3) is 0 Å². The molecule has 0 spiro atoms. The van der Waals surface area contributed by atoms with Crippen molar-refractivity contribution in [1.29, 1.82) is 0 Å². The summed E-state index contributed by atoms with van der Waals surface area (Å²) in [5.41, 5.74) is 0.596. The Morgan fingerprint density at radius 2 is 2.04 bits per heavy atom. The summed E-state index contributed by atoms with van der Waals surface area (Å²) < 4.78 is 15.5. The Hall–Kier alpha value is -2.41. The summed E-state index contributed by atoms with van der Waals surface area (Å²) in [7, 11) is 3.38. The van der Waals surface area contributed by atoms with Gasteiger partial charge in [-0.3, -0.25) is 4.79 Å². The van der Waals surface area contributed by atoms with Crippen LogP contribution in [-0.4, -0.2) is 47.8 Å². The van der Waals surface area contributed by atoms with Gasteiger partial charge in [0.05, 0.1) is 12.6 Å². The molecule has 0 saturated heterocycles. The van der Waals surface area contributed by atoms with Crippen LogP contribution in [0.15, 0.2) is 28.8 Å². The molecule has 2 aromatic rings. The van der Waals surface area contributed by atoms with Gasteiger partial charge in [0.2, 0.25) is 11.7 Å². The summed E-state index contributed by atoms with van der Waals surface area (Å²) in [4.78, 5) is 18.1. The largest absolute Gasteiger partial charge is 0.485 e. The van der Waals surface area contributed by atoms with Gasteiger partial charge >= 0.3 is 0 Å². The molecule has 23 heavy (non-hydrogen) atoms. The van der Waals surface area contributed by atoms with Crippen molar-refractivity contribution in [3.05, 3.63) is 41.5 Å². The lowest BCUT2D eigenvalue weighted by Crippen LogP contribution is -2.37. The minimum Gasteiger partial charge on any atom is -0.485 e. The first-order chi connectivity index (χ1) is 11.0. The van der Waals surface area contributed by atoms with Crippen LogP contribution >= 0.6 is 0 Å². The maximum Gasteiger partial charge on any atom is 0.253 e. The van der Waals surface area contributed by atoms with Gasteiger partial charge in [0.25, 0.3) is 5.91 Å². The zero-order valence-corrected chi connectivity index (χ0v) is 13.8. The molecular weight excluding hydrogens is 298 g/mol. The molecule has 1 heterocycles. The van der Waals surface area contributed by atoms with Crippen LogP contribution < -0.4 is 4.74 Å². The van der Waals surface area contributed by atoms with Crippen molar-refractivity contribution in [3.8, 4) is 5.75 Å². The number of amides is 1. The molecule has 0 aliphatic heterocycles. The summed E-state index contributed by atoms with van der Waals surface area (Å²) >= 11 is 0. The molecule has 0 radical (unpaired) electrons. The molecule has 0 saturated carbocycles. The van der Waals surface area contributed by atoms with Crippen molar-refractivity contribution in [1.82, 2.24) is 15.0 Å². The minimum atomic E-state index is -0.0603. The van der Waals surface area contributed by atoms with E-state index in [1.807, 2.05) is 6.92 Å². The Morgan fingerprint density at radius 1 is 1.35 bits per heavy atom. The number of ether oxygens (including phenoxy) is 2. The van der Waals surface area contributed by atoms with Gasteiger partial charge in [0.1, 0.15) is 5.75 Å². The van der Waals surface area contributed by atoms with Crippen LogP contribution in [0.5, 0.6) is 5.75 Å². The molecule has 1 aromatic heterocycles. The first-order valence-electron chi connectivity index (χ1n) is 7.29. The summed E-state index contributed by atoms with van der Waals surface area (Å²) in [5, 5.41) is 3.75. The van der Waals surface area contributed by atoms with Crippen molar-refractivity contribution >= 4 is 5.91 Å². The highest BCUT2D eigenvalue weighted by Gasteiger charge is 2.17. The molecule has 1 aromatic carbocycles. The lowest BCUT2D eigenvalue weighted by atomic mass is 10.1. The van der Waals surface area contributed by atoms with E-state index in [0.29, 0.717) is 29.6 Å². The van der Waals surface area contributed by atoms with Gasteiger partial charge in [-0.2, -0.15) is 4.98 Å². The predicted octanol–water partition coefficient (Wildman–Crippen LogP) is 2.06. The molecule has 0 unspecified atom stereocenters. The third-order valence-corrected chi connectivity index (χ3v) is 3.43. The summed E-state index contributed by atoms with van der Waals surface area (Å²) in [6, 6.07) is 6.96. The maximum absolute atomic E-state index is 12.4. The summed E-state index contributed by atoms with van der Waals surface area (Å²) in [6.07, 6.45) is 0. The third kappa shape index (κ3) is 4.53. The van der Waals surface area contributed by atoms with E-state index in [0.717, 1.165) is 0 Å². The fourth-order valence-electron chi connectivity index (χ4n) is 2.00. The molecule has 0 fully saturated rings. The van der Waals surface area contributed by atoms with E-state index in [4.69, 9.17) is 14.0 Å². The second-order valence-electron chi connectivity index (χ2n) is 5.26. The molecule has 1 amide bonds. The quantitative estimate of drug-likeness (QED) is 0.777. The number of benzene rings is 1. The number of methoxy groups -OCH3 is 1. The molecule has 7 heteroatoms. The van der Waals surface area contributed by atoms with Crippen molar-refractivity contribution in [2.24, 2.45) is 0 Å². The highest BCUT2D eigenvalue weighted by molar-refractivity contribution is 5.94. The zero-order chi connectivity index (χ0) is 16.8. The second-order valence-corrected chi connectivity index (χ2v) is 5.26. The molecule has 7 nitrogen and oxygen atoms in total. The van der Waals surface area contributed by atoms with Crippen LogP contribution in [0.4, 0.5) is 0 Å². The fourth-order valence-corrected chi connectivity index (χ4v) is 2.00. The van der Waals surface area contributed by atoms with Gasteiger partial charge in [-0.15, -0.1) is 0 Å². The van der Waals surface area contributed by atoms with Crippen LogP contribution in [0.1, 0.15) is 29.0 Å². The number of carbonyl (C=O) groups is 1. The minimum absolute atomic E-state index is 0.00454. The van der Waals surface area contributed by atoms with E-state index in [1.165, 1.54) is 0 Å². The number of hydrogen-bond acceptors (Lipinski definition) is 6. The molecular formula is C16H21N3O4. The summed E-state index contributed by atoms with van der Waals surface area (Å²) in [5.74, 6) is 1.56. The van der Waals surface area contributed by atoms with Gasteiger partial charge < -0.3 is 18.9 Å². The molecule has 1 atom stereocenters. The monoisotopic (exact) mass is 319 g/mol. The number of carbonyl (C=O) groups excluding carboxylic acids is 1. The number of aromatic nitrogens is 2. The average molecular weight is 319 g/mol. The number of hydrogen-bond donors (Lipinski definition) is 0. The lowest BCUT2D eigenvalue weighted by molar-refractivity contribution is 0.0633. The Morgan fingerprint density at radius 3 is 2.61 bits per heavy atom. The van der Waals surface area contributed by atoms with Gasteiger partial charge in [-0.05, 0) is 31.2 Å². The molecule has 0 bridgehead atoms. The van der Waals surface area contributed by atoms with Crippen molar-refractivity contribution in [2.75, 3.05) is 20.8 Å². The van der Waals surface area contributed by atoms with E-state index in [2.05, 4.69) is 10.1 Å². The van der Waals surface area contributed by atoms with E-state index in [1.54, 1.807) is 50.2 Å². The van der Waals surface area contributed by atoms with Crippen molar-refractivity contribution in [2.45, 2.75) is 26.5 Å². The number of likely N-dealkylation sites (N-methyl/N-ethyl adjacent to an activating group) is 1. The van der Waals surface area contributed by atoms with Crippen LogP contribution in [0, 0.1) is 6.92 Å². The van der Waals surface area contributed by atoms with Crippen LogP contribution in [0.2, 0.25) is 0 Å². The predicted molar refractivity (Wildman–Crippen MR) is 83.2 cm³/mol. The molecule has 0 aliphatic carbocycles. The highest BCUT2D eigenvalue weighted by Crippen LogP contribution is 2.15. The topological polar surface area (TPSA) is 77.7 Å². The smallest absolute Gasteiger partial charge is 0.253 e. The highest BCUT2D eigenvalue weighted by atomic mass is 16.5. The van der Waals surface area contributed by atoms with E-state index in [-0.39, 0.29) is 18.6 Å². The number of nitrogens with zero attached hydrogens (tertiary/aromatic N) is 3. The number of aryl methyl sites for hydroxylation is 1. The maximum atomic E-state index is 12.4. The number of rotatable bonds is 7. The van der Waals surface area contributed by atoms with Gasteiger partial charge in [-0.1, -0.05) is 5.16 Å². The second kappa shape index (κ2) is 7.73. The van der Waals surface area contributed by atoms with Crippen LogP contribution in [-0.2, 0) is 11.3 Å². The lowest BCUT2D eigenvalue weighted by Gasteiger charge is -2.24. The van der Waals surface area contributed by atoms with E-state index in [9.17, 15) is 4.79 Å². The SMILES string of the molecule is COC[C@H](C)N(C)C(=O)c1ccc(OCc2noc(C)n2)cc1. The Labute approximate surface area is 135 Å². The normalized spacial score (nSPS) is 12.0. The van der Waals surface area contributed by atoms with Crippen molar-refractivity contribution < 1.29 is 18.8 Å². The first kappa shape index (κ1) is 17.0. The van der Waals surface area contributed by atoms with Gasteiger partial charge in [-0.25, -0.2) is 0 Å². The molecule has 0 aliphatic rings. The average Bonchev–Trinajstić information content (AvgIpc) is 2.97. The Balaban J connectivity index is 1.94. The van der Waals surface area contributed by atoms with Crippen LogP contribution in [0.3, 0.4) is 0 Å². The van der Waals surface area contributed by atoms with E-state index >= 15 is 0 Å². The Kier molecular flexibility index (Phi) is 5.70. The standard InChI is InChI=1S/C16H21N3O4/c1-11(9-21-4)19(3)16(20)13-5-7-14(8-6-13)22-10-15-17-12(2)23-18-15/h5-8,11H,9-10H2,1-4H3/t11-/m0/s1.